The van der Waals surface area contributed by atoms with Crippen LogP contribution >= 0.6 is 0 Å². The first kappa shape index (κ1) is 19.6. The fourth-order valence-electron chi connectivity index (χ4n) is 3.04. The van der Waals surface area contributed by atoms with E-state index in [0.717, 1.165) is 40.4 Å². The minimum Gasteiger partial charge on any atom is -0.457 e. The SMILES string of the molecule is Cc1cc2nc(C)c(CCC(=O)OCC(=O)c3ccc(F)cc3F)c(C)n2n1. The minimum absolute atomic E-state index is 0.0360. The average Bonchev–Trinajstić information content (AvgIpc) is 2.99. The highest BCUT2D eigenvalue weighted by Gasteiger charge is 2.16. The highest BCUT2D eigenvalue weighted by Crippen LogP contribution is 2.17. The number of halogens is 2. The lowest BCUT2D eigenvalue weighted by atomic mass is 10.1. The van der Waals surface area contributed by atoms with Gasteiger partial charge in [-0.3, -0.25) is 9.59 Å². The fraction of sp³-hybridized carbons (Fsp3) is 0.300. The van der Waals surface area contributed by atoms with E-state index in [1.165, 1.54) is 0 Å². The first-order valence-electron chi connectivity index (χ1n) is 8.72. The quantitative estimate of drug-likeness (QED) is 0.479. The van der Waals surface area contributed by atoms with E-state index in [9.17, 15) is 18.4 Å². The van der Waals surface area contributed by atoms with E-state index in [0.29, 0.717) is 12.5 Å². The van der Waals surface area contributed by atoms with Gasteiger partial charge in [-0.25, -0.2) is 18.3 Å². The molecule has 0 aliphatic heterocycles. The van der Waals surface area contributed by atoms with Gasteiger partial charge in [-0.15, -0.1) is 0 Å². The van der Waals surface area contributed by atoms with Crippen molar-refractivity contribution in [1.82, 2.24) is 14.6 Å². The van der Waals surface area contributed by atoms with Crippen molar-refractivity contribution < 1.29 is 23.1 Å². The van der Waals surface area contributed by atoms with Gasteiger partial charge in [-0.2, -0.15) is 5.10 Å². The van der Waals surface area contributed by atoms with Crippen LogP contribution in [0.1, 0.15) is 39.4 Å². The number of fused-ring (bicyclic) bond motifs is 1. The molecule has 1 aromatic carbocycles. The van der Waals surface area contributed by atoms with E-state index in [1.54, 1.807) is 4.52 Å². The van der Waals surface area contributed by atoms with Crippen LogP contribution in [0.4, 0.5) is 8.78 Å². The van der Waals surface area contributed by atoms with E-state index >= 15 is 0 Å². The zero-order valence-electron chi connectivity index (χ0n) is 15.8. The van der Waals surface area contributed by atoms with Gasteiger partial charge in [0.1, 0.15) is 11.6 Å². The second-order valence-electron chi connectivity index (χ2n) is 6.52. The van der Waals surface area contributed by atoms with Gasteiger partial charge >= 0.3 is 5.97 Å². The molecule has 0 spiro atoms. The molecule has 146 valence electrons. The molecular formula is C20H19F2N3O3. The van der Waals surface area contributed by atoms with Gasteiger partial charge in [0.15, 0.2) is 12.3 Å². The molecule has 6 nitrogen and oxygen atoms in total. The fourth-order valence-corrected chi connectivity index (χ4v) is 3.04. The van der Waals surface area contributed by atoms with Gasteiger partial charge < -0.3 is 4.74 Å². The van der Waals surface area contributed by atoms with Crippen molar-refractivity contribution in [3.05, 3.63) is 64.1 Å². The van der Waals surface area contributed by atoms with Crippen LogP contribution in [0.2, 0.25) is 0 Å². The van der Waals surface area contributed by atoms with Gasteiger partial charge in [-0.05, 0) is 44.9 Å². The molecule has 3 aromatic rings. The summed E-state index contributed by atoms with van der Waals surface area (Å²) in [4.78, 5) is 28.4. The second kappa shape index (κ2) is 7.84. The van der Waals surface area contributed by atoms with Crippen molar-refractivity contribution in [2.24, 2.45) is 0 Å². The van der Waals surface area contributed by atoms with Crippen LogP contribution < -0.4 is 0 Å². The van der Waals surface area contributed by atoms with Crippen molar-refractivity contribution in [3.63, 3.8) is 0 Å². The van der Waals surface area contributed by atoms with Crippen LogP contribution in [-0.2, 0) is 16.0 Å². The van der Waals surface area contributed by atoms with E-state index < -0.39 is 30.0 Å². The number of esters is 1. The lowest BCUT2D eigenvalue weighted by molar-refractivity contribution is -0.142. The molecule has 0 saturated heterocycles. The predicted molar refractivity (Wildman–Crippen MR) is 97.2 cm³/mol. The number of nitrogens with zero attached hydrogens (tertiary/aromatic N) is 3. The van der Waals surface area contributed by atoms with Crippen molar-refractivity contribution in [3.8, 4) is 0 Å². The molecule has 0 saturated carbocycles. The van der Waals surface area contributed by atoms with Gasteiger partial charge in [0, 0.05) is 29.9 Å². The number of aryl methyl sites for hydroxylation is 3. The normalized spacial score (nSPS) is 11.0. The Morgan fingerprint density at radius 2 is 1.89 bits per heavy atom. The highest BCUT2D eigenvalue weighted by molar-refractivity contribution is 5.98. The van der Waals surface area contributed by atoms with E-state index in [-0.39, 0.29) is 12.0 Å². The Bertz CT molecular complexity index is 1080. The molecule has 0 N–H and O–H groups in total. The molecule has 3 rings (SSSR count). The Balaban J connectivity index is 1.61. The summed E-state index contributed by atoms with van der Waals surface area (Å²) in [6, 6.07) is 4.49. The third-order valence-electron chi connectivity index (χ3n) is 4.46. The molecule has 0 unspecified atom stereocenters. The number of carbonyl (C=O) groups excluding carboxylic acids is 2. The van der Waals surface area contributed by atoms with E-state index in [4.69, 9.17) is 4.74 Å². The maximum absolute atomic E-state index is 13.6. The summed E-state index contributed by atoms with van der Waals surface area (Å²) in [6.45, 7) is 5.03. The minimum atomic E-state index is -0.985. The summed E-state index contributed by atoms with van der Waals surface area (Å²) in [5.41, 5.74) is 3.83. The predicted octanol–water partition coefficient (Wildman–Crippen LogP) is 3.29. The van der Waals surface area contributed by atoms with Crippen molar-refractivity contribution >= 4 is 17.4 Å². The Hall–Kier alpha value is -3.16. The number of hydrogen-bond donors (Lipinski definition) is 0. The molecule has 0 atom stereocenters. The Morgan fingerprint density at radius 1 is 1.14 bits per heavy atom. The number of Topliss-reactive ketones (excluding diaryl/α,β-unsaturated/α-hetero) is 1. The Morgan fingerprint density at radius 3 is 2.61 bits per heavy atom. The zero-order valence-corrected chi connectivity index (χ0v) is 15.8. The monoisotopic (exact) mass is 387 g/mol. The summed E-state index contributed by atoms with van der Waals surface area (Å²) < 4.78 is 33.2. The topological polar surface area (TPSA) is 73.6 Å². The van der Waals surface area contributed by atoms with Crippen molar-refractivity contribution in [2.45, 2.75) is 33.6 Å². The molecule has 0 bridgehead atoms. The number of aromatic nitrogens is 3. The standard InChI is InChI=1S/C20H19F2N3O3/c1-11-8-19-23-12(2)15(13(3)25(19)24-11)6-7-20(27)28-10-18(26)16-5-4-14(21)9-17(16)22/h4-5,8-9H,6-7,10H2,1-3H3. The van der Waals surface area contributed by atoms with Crippen LogP contribution in [-0.4, -0.2) is 33.0 Å². The van der Waals surface area contributed by atoms with Crippen LogP contribution in [0.3, 0.4) is 0 Å². The summed E-state index contributed by atoms with van der Waals surface area (Å²) >= 11 is 0. The van der Waals surface area contributed by atoms with Gasteiger partial charge in [0.25, 0.3) is 0 Å². The molecule has 2 heterocycles. The molecule has 0 fully saturated rings. The summed E-state index contributed by atoms with van der Waals surface area (Å²) in [5, 5.41) is 4.38. The molecular weight excluding hydrogens is 368 g/mol. The third kappa shape index (κ3) is 4.05. The van der Waals surface area contributed by atoms with Gasteiger partial charge in [0.05, 0.1) is 11.3 Å². The third-order valence-corrected chi connectivity index (χ3v) is 4.46. The largest absolute Gasteiger partial charge is 0.457 e. The molecule has 2 aromatic heterocycles. The van der Waals surface area contributed by atoms with Crippen LogP contribution in [0, 0.1) is 32.4 Å². The molecule has 0 aliphatic rings. The number of ketones is 1. The van der Waals surface area contributed by atoms with Crippen molar-refractivity contribution in [1.29, 1.82) is 0 Å². The van der Waals surface area contributed by atoms with Gasteiger partial charge in [0.2, 0.25) is 5.78 Å². The van der Waals surface area contributed by atoms with Crippen molar-refractivity contribution in [2.75, 3.05) is 6.61 Å². The highest BCUT2D eigenvalue weighted by atomic mass is 19.1. The summed E-state index contributed by atoms with van der Waals surface area (Å²) in [7, 11) is 0. The Kier molecular flexibility index (Phi) is 5.48. The van der Waals surface area contributed by atoms with Gasteiger partial charge in [-0.1, -0.05) is 0 Å². The lowest BCUT2D eigenvalue weighted by Crippen LogP contribution is -2.16. The number of carbonyl (C=O) groups is 2. The van der Waals surface area contributed by atoms with E-state index in [1.807, 2.05) is 26.8 Å². The summed E-state index contributed by atoms with van der Waals surface area (Å²) in [5.74, 6) is -3.09. The zero-order chi connectivity index (χ0) is 20.4. The molecule has 0 amide bonds. The van der Waals surface area contributed by atoms with Crippen LogP contribution in [0.25, 0.3) is 5.65 Å². The second-order valence-corrected chi connectivity index (χ2v) is 6.52. The maximum Gasteiger partial charge on any atom is 0.306 e. The maximum atomic E-state index is 13.6. The summed E-state index contributed by atoms with van der Waals surface area (Å²) in [6.07, 6.45) is 0.408. The molecule has 28 heavy (non-hydrogen) atoms. The van der Waals surface area contributed by atoms with E-state index in [2.05, 4.69) is 10.1 Å². The molecule has 0 radical (unpaired) electrons. The first-order valence-corrected chi connectivity index (χ1v) is 8.72. The number of hydrogen-bond acceptors (Lipinski definition) is 5. The first-order chi connectivity index (χ1) is 13.3. The molecule has 8 heteroatoms. The number of ether oxygens (including phenoxy) is 1. The average molecular weight is 387 g/mol. The smallest absolute Gasteiger partial charge is 0.306 e. The lowest BCUT2D eigenvalue weighted by Gasteiger charge is -2.11. The number of benzene rings is 1. The van der Waals surface area contributed by atoms with Crippen LogP contribution in [0.5, 0.6) is 0 Å². The Labute approximate surface area is 160 Å². The van der Waals surface area contributed by atoms with Crippen LogP contribution in [0.15, 0.2) is 24.3 Å². The molecule has 0 aliphatic carbocycles. The number of rotatable bonds is 6.